The first-order chi connectivity index (χ1) is 17.8. The van der Waals surface area contributed by atoms with Gasteiger partial charge in [-0.25, -0.2) is 4.79 Å². The fourth-order valence-electron chi connectivity index (χ4n) is 5.16. The zero-order chi connectivity index (χ0) is 27.2. The number of hydrogen-bond donors (Lipinski definition) is 3. The summed E-state index contributed by atoms with van der Waals surface area (Å²) in [6, 6.07) is 6.97. The summed E-state index contributed by atoms with van der Waals surface area (Å²) >= 11 is 0. The van der Waals surface area contributed by atoms with Crippen molar-refractivity contribution >= 4 is 5.97 Å². The second-order valence-electron chi connectivity index (χ2n) is 10.7. The second kappa shape index (κ2) is 16.8. The molecule has 0 heterocycles. The Morgan fingerprint density at radius 2 is 1.78 bits per heavy atom. The summed E-state index contributed by atoms with van der Waals surface area (Å²) in [6.07, 6.45) is 10.2. The van der Waals surface area contributed by atoms with E-state index in [1.165, 1.54) is 48.8 Å². The van der Waals surface area contributed by atoms with Crippen molar-refractivity contribution in [1.82, 2.24) is 0 Å². The number of aryl methyl sites for hydroxylation is 3. The number of unbranched alkanes of at least 4 members (excludes halogenated alkanes) is 2. The molecule has 1 saturated carbocycles. The Morgan fingerprint density at radius 1 is 1.05 bits per heavy atom. The summed E-state index contributed by atoms with van der Waals surface area (Å²) in [6.45, 7) is 11.1. The molecule has 1 aromatic carbocycles. The fraction of sp³-hybridized carbons (Fsp3) is 0.645. The van der Waals surface area contributed by atoms with Gasteiger partial charge in [0.1, 0.15) is 0 Å². The van der Waals surface area contributed by atoms with E-state index < -0.39 is 18.9 Å². The Hall–Kier alpha value is -1.99. The minimum atomic E-state index is -1.26. The van der Waals surface area contributed by atoms with E-state index in [4.69, 9.17) is 14.6 Å². The lowest BCUT2D eigenvalue weighted by Gasteiger charge is -2.34. The predicted octanol–water partition coefficient (Wildman–Crippen LogP) is 5.06. The van der Waals surface area contributed by atoms with Gasteiger partial charge in [0.25, 0.3) is 0 Å². The van der Waals surface area contributed by atoms with Crippen LogP contribution in [-0.4, -0.2) is 54.0 Å². The van der Waals surface area contributed by atoms with Crippen LogP contribution in [0.25, 0.3) is 0 Å². The van der Waals surface area contributed by atoms with Crippen LogP contribution in [-0.2, 0) is 27.1 Å². The first-order valence-corrected chi connectivity index (χ1v) is 13.9. The van der Waals surface area contributed by atoms with Crippen molar-refractivity contribution in [2.45, 2.75) is 84.3 Å². The van der Waals surface area contributed by atoms with Gasteiger partial charge >= 0.3 is 5.97 Å². The third kappa shape index (κ3) is 10.7. The molecule has 0 amide bonds. The molecule has 2 rings (SSSR count). The first kappa shape index (κ1) is 31.2. The number of benzene rings is 1. The molecule has 0 saturated heterocycles. The van der Waals surface area contributed by atoms with Gasteiger partial charge in [-0.1, -0.05) is 64.0 Å². The number of aliphatic hydroxyl groups is 3. The number of carbonyl (C=O) groups is 1. The Kier molecular flexibility index (Phi) is 14.2. The quantitative estimate of drug-likeness (QED) is 0.0881. The molecule has 1 aliphatic carbocycles. The molecule has 2 atom stereocenters. The topological polar surface area (TPSA) is 96.2 Å². The van der Waals surface area contributed by atoms with E-state index in [1.807, 2.05) is 0 Å². The summed E-state index contributed by atoms with van der Waals surface area (Å²) in [5, 5.41) is 28.3. The number of aliphatic hydroxyl groups excluding tert-OH is 3. The molecule has 0 aliphatic heterocycles. The third-order valence-electron chi connectivity index (χ3n) is 7.78. The van der Waals surface area contributed by atoms with Gasteiger partial charge < -0.3 is 24.8 Å². The second-order valence-corrected chi connectivity index (χ2v) is 10.7. The highest BCUT2D eigenvalue weighted by molar-refractivity contribution is 5.87. The Morgan fingerprint density at radius 3 is 2.41 bits per heavy atom. The van der Waals surface area contributed by atoms with E-state index in [9.17, 15) is 15.0 Å². The average Bonchev–Trinajstić information content (AvgIpc) is 2.92. The van der Waals surface area contributed by atoms with Crippen molar-refractivity contribution in [3.8, 4) is 0 Å². The van der Waals surface area contributed by atoms with Gasteiger partial charge in [-0.2, -0.15) is 0 Å². The van der Waals surface area contributed by atoms with E-state index in [1.54, 1.807) is 0 Å². The average molecular weight is 517 g/mol. The molecule has 6 heteroatoms. The molecule has 0 spiro atoms. The number of hydrogen-bond acceptors (Lipinski definition) is 6. The molecule has 208 valence electrons. The van der Waals surface area contributed by atoms with Gasteiger partial charge in [0.05, 0.1) is 32.0 Å². The minimum absolute atomic E-state index is 0.0151. The summed E-state index contributed by atoms with van der Waals surface area (Å²) in [4.78, 5) is 12.0. The van der Waals surface area contributed by atoms with Gasteiger partial charge in [0, 0.05) is 11.5 Å². The monoisotopic (exact) mass is 516 g/mol. The first-order valence-electron chi connectivity index (χ1n) is 13.9. The van der Waals surface area contributed by atoms with E-state index in [-0.39, 0.29) is 36.9 Å². The molecular formula is C31H48O6. The third-order valence-corrected chi connectivity index (χ3v) is 7.78. The molecule has 0 aromatic heterocycles. The molecule has 3 N–H and O–H groups in total. The maximum atomic E-state index is 12.0. The van der Waals surface area contributed by atoms with Crippen molar-refractivity contribution < 1.29 is 29.6 Å². The van der Waals surface area contributed by atoms with Gasteiger partial charge in [-0.3, -0.25) is 0 Å². The number of rotatable bonds is 17. The Bertz CT molecular complexity index is 855. The van der Waals surface area contributed by atoms with Crippen molar-refractivity contribution in [2.75, 3.05) is 26.4 Å². The van der Waals surface area contributed by atoms with Crippen LogP contribution in [0.1, 0.15) is 75.0 Å². The maximum Gasteiger partial charge on any atom is 0.335 e. The van der Waals surface area contributed by atoms with Crippen LogP contribution in [0.3, 0.4) is 0 Å². The SMILES string of the molecule is C=C(CO)C(=O)OCC(COC(O)C(=C)CO)C1CCC(CCc2ccc(CCCCC)c(C)c2)CC1. The van der Waals surface area contributed by atoms with E-state index in [0.717, 1.165) is 32.1 Å². The van der Waals surface area contributed by atoms with Crippen LogP contribution in [0.15, 0.2) is 42.5 Å². The maximum absolute atomic E-state index is 12.0. The smallest absolute Gasteiger partial charge is 0.335 e. The molecule has 1 fully saturated rings. The Balaban J connectivity index is 1.87. The van der Waals surface area contributed by atoms with E-state index in [0.29, 0.717) is 11.8 Å². The molecule has 1 aliphatic rings. The normalized spacial score (nSPS) is 19.3. The predicted molar refractivity (Wildman–Crippen MR) is 147 cm³/mol. The van der Waals surface area contributed by atoms with Crippen LogP contribution in [0.5, 0.6) is 0 Å². The van der Waals surface area contributed by atoms with Crippen molar-refractivity contribution in [2.24, 2.45) is 17.8 Å². The van der Waals surface area contributed by atoms with Crippen LogP contribution in [0.2, 0.25) is 0 Å². The highest BCUT2D eigenvalue weighted by Crippen LogP contribution is 2.36. The standard InChI is InChI=1S/C31H48O6/c1-5-6-7-8-27-14-13-26(17-22(27)2)10-9-25-11-15-28(16-12-25)29(20-36-30(34)23(3)18-32)21-37-31(35)24(4)19-33/h13-14,17,25,28-30,32-34H,3-12,15-16,18-21H2,1-2H3. The van der Waals surface area contributed by atoms with Gasteiger partial charge in [-0.15, -0.1) is 0 Å². The van der Waals surface area contributed by atoms with Crippen LogP contribution in [0, 0.1) is 24.7 Å². The van der Waals surface area contributed by atoms with Crippen molar-refractivity contribution in [3.05, 3.63) is 59.2 Å². The minimum Gasteiger partial charge on any atom is -0.462 e. The lowest BCUT2D eigenvalue weighted by atomic mass is 9.74. The molecule has 1 aromatic rings. The van der Waals surface area contributed by atoms with Crippen LogP contribution < -0.4 is 0 Å². The van der Waals surface area contributed by atoms with E-state index >= 15 is 0 Å². The number of ether oxygens (including phenoxy) is 2. The lowest BCUT2D eigenvalue weighted by molar-refractivity contribution is -0.145. The summed E-state index contributed by atoms with van der Waals surface area (Å²) < 4.78 is 10.9. The highest BCUT2D eigenvalue weighted by atomic mass is 16.6. The van der Waals surface area contributed by atoms with Crippen LogP contribution in [0.4, 0.5) is 0 Å². The summed E-state index contributed by atoms with van der Waals surface area (Å²) in [7, 11) is 0. The van der Waals surface area contributed by atoms with Gasteiger partial charge in [0.2, 0.25) is 0 Å². The van der Waals surface area contributed by atoms with Crippen LogP contribution >= 0.6 is 0 Å². The molecule has 37 heavy (non-hydrogen) atoms. The molecular weight excluding hydrogens is 468 g/mol. The fourth-order valence-corrected chi connectivity index (χ4v) is 5.16. The molecule has 6 nitrogen and oxygen atoms in total. The van der Waals surface area contributed by atoms with Crippen molar-refractivity contribution in [3.63, 3.8) is 0 Å². The number of carbonyl (C=O) groups excluding carboxylic acids is 1. The number of esters is 1. The summed E-state index contributed by atoms with van der Waals surface area (Å²) in [5.74, 6) is 0.248. The zero-order valence-electron chi connectivity index (χ0n) is 22.9. The van der Waals surface area contributed by atoms with Crippen molar-refractivity contribution in [1.29, 1.82) is 0 Å². The largest absolute Gasteiger partial charge is 0.462 e. The molecule has 2 unspecified atom stereocenters. The molecule has 0 bridgehead atoms. The van der Waals surface area contributed by atoms with Gasteiger partial charge in [-0.05, 0) is 74.0 Å². The molecule has 0 radical (unpaired) electrons. The highest BCUT2D eigenvalue weighted by Gasteiger charge is 2.30. The van der Waals surface area contributed by atoms with E-state index in [2.05, 4.69) is 45.2 Å². The summed E-state index contributed by atoms with van der Waals surface area (Å²) in [5.41, 5.74) is 4.50. The van der Waals surface area contributed by atoms with Gasteiger partial charge in [0.15, 0.2) is 6.29 Å². The lowest BCUT2D eigenvalue weighted by Crippen LogP contribution is -2.32. The Labute approximate surface area is 223 Å². The zero-order valence-corrected chi connectivity index (χ0v) is 22.9.